The van der Waals surface area contributed by atoms with Crippen molar-refractivity contribution in [1.82, 2.24) is 14.7 Å². The lowest BCUT2D eigenvalue weighted by molar-refractivity contribution is -0.137. The molecule has 0 unspecified atom stereocenters. The van der Waals surface area contributed by atoms with Crippen LogP contribution in [0.25, 0.3) is 0 Å². The summed E-state index contributed by atoms with van der Waals surface area (Å²) in [6.45, 7) is 5.80. The number of likely N-dealkylation sites (tertiary alicyclic amines) is 1. The highest BCUT2D eigenvalue weighted by Gasteiger charge is 2.62. The van der Waals surface area contributed by atoms with Crippen molar-refractivity contribution in [3.63, 3.8) is 0 Å². The van der Waals surface area contributed by atoms with Crippen LogP contribution in [0.5, 0.6) is 0 Å². The second-order valence-corrected chi connectivity index (χ2v) is 11.8. The van der Waals surface area contributed by atoms with Crippen LogP contribution in [-0.4, -0.2) is 60.2 Å². The first-order chi connectivity index (χ1) is 19.6. The van der Waals surface area contributed by atoms with Crippen LogP contribution >= 0.6 is 0 Å². The van der Waals surface area contributed by atoms with E-state index in [1.165, 1.54) is 6.07 Å². The Hall–Kier alpha value is -3.58. The summed E-state index contributed by atoms with van der Waals surface area (Å²) < 4.78 is 28.4. The zero-order valence-electron chi connectivity index (χ0n) is 24.3. The lowest BCUT2D eigenvalue weighted by atomic mass is 9.79. The normalized spacial score (nSPS) is 22.5. The Labute approximate surface area is 241 Å². The standard InChI is InChI=1S/C34H39F2N3O2/c1-24(26-11-7-5-8-12-26)37(3)32(41)34(28-15-16-30(35)31(36)21-28)22-29(34)23-39-19-17-33(18-20-39,38(4)25(2)40)27-13-9-6-10-14-27/h5-16,21,24,29H,17-20,22-23H2,1-4H3/t24-,29-,34+/m0/s1. The highest BCUT2D eigenvalue weighted by Crippen LogP contribution is 2.57. The van der Waals surface area contributed by atoms with E-state index in [2.05, 4.69) is 17.0 Å². The first-order valence-corrected chi connectivity index (χ1v) is 14.4. The average Bonchev–Trinajstić information content (AvgIpc) is 3.72. The summed E-state index contributed by atoms with van der Waals surface area (Å²) in [7, 11) is 3.67. The molecule has 1 aliphatic carbocycles. The van der Waals surface area contributed by atoms with Gasteiger partial charge in [0, 0.05) is 40.7 Å². The van der Waals surface area contributed by atoms with E-state index in [0.29, 0.717) is 18.5 Å². The van der Waals surface area contributed by atoms with Crippen LogP contribution < -0.4 is 0 Å². The monoisotopic (exact) mass is 559 g/mol. The van der Waals surface area contributed by atoms with Gasteiger partial charge in [-0.1, -0.05) is 66.7 Å². The van der Waals surface area contributed by atoms with Crippen LogP contribution in [-0.2, 0) is 20.5 Å². The van der Waals surface area contributed by atoms with Crippen molar-refractivity contribution in [3.05, 3.63) is 107 Å². The molecule has 1 saturated carbocycles. The van der Waals surface area contributed by atoms with Crippen LogP contribution in [0.15, 0.2) is 78.9 Å². The van der Waals surface area contributed by atoms with Crippen molar-refractivity contribution >= 4 is 11.8 Å². The topological polar surface area (TPSA) is 43.9 Å². The van der Waals surface area contributed by atoms with Crippen molar-refractivity contribution in [2.75, 3.05) is 33.7 Å². The predicted octanol–water partition coefficient (Wildman–Crippen LogP) is 5.91. The Kier molecular flexibility index (Phi) is 8.02. The number of benzene rings is 3. The van der Waals surface area contributed by atoms with Gasteiger partial charge < -0.3 is 14.7 Å². The van der Waals surface area contributed by atoms with Crippen molar-refractivity contribution < 1.29 is 18.4 Å². The van der Waals surface area contributed by atoms with Crippen LogP contribution in [0.1, 0.15) is 55.8 Å². The number of carbonyl (C=O) groups excluding carboxylic acids is 2. The zero-order valence-corrected chi connectivity index (χ0v) is 24.3. The van der Waals surface area contributed by atoms with Gasteiger partial charge in [-0.15, -0.1) is 0 Å². The Balaban J connectivity index is 1.37. The van der Waals surface area contributed by atoms with Crippen molar-refractivity contribution in [1.29, 1.82) is 0 Å². The molecule has 3 atom stereocenters. The van der Waals surface area contributed by atoms with E-state index in [1.54, 1.807) is 24.9 Å². The number of nitrogens with zero attached hydrogens (tertiary/aromatic N) is 3. The molecule has 2 amide bonds. The first-order valence-electron chi connectivity index (χ1n) is 14.4. The molecule has 2 fully saturated rings. The molecule has 41 heavy (non-hydrogen) atoms. The molecule has 3 aromatic rings. The van der Waals surface area contributed by atoms with E-state index in [0.717, 1.165) is 43.1 Å². The fourth-order valence-electron chi connectivity index (χ4n) is 6.79. The van der Waals surface area contributed by atoms with Crippen LogP contribution in [0.2, 0.25) is 0 Å². The molecule has 5 rings (SSSR count). The molecule has 0 aromatic heterocycles. The van der Waals surface area contributed by atoms with Gasteiger partial charge in [-0.3, -0.25) is 9.59 Å². The maximum Gasteiger partial charge on any atom is 0.233 e. The lowest BCUT2D eigenvalue weighted by Crippen LogP contribution is -2.53. The van der Waals surface area contributed by atoms with Crippen LogP contribution in [0.4, 0.5) is 8.78 Å². The number of likely N-dealkylation sites (N-methyl/N-ethyl adjacent to an activating group) is 1. The minimum Gasteiger partial charge on any atom is -0.338 e. The van der Waals surface area contributed by atoms with Crippen molar-refractivity contribution in [3.8, 4) is 0 Å². The van der Waals surface area contributed by atoms with Gasteiger partial charge in [0.05, 0.1) is 17.0 Å². The Morgan fingerprint density at radius 3 is 2.10 bits per heavy atom. The van der Waals surface area contributed by atoms with Gasteiger partial charge in [0.15, 0.2) is 11.6 Å². The zero-order chi connectivity index (χ0) is 29.4. The third kappa shape index (κ3) is 5.28. The summed E-state index contributed by atoms with van der Waals surface area (Å²) in [5, 5.41) is 0. The molecule has 7 heteroatoms. The second-order valence-electron chi connectivity index (χ2n) is 11.8. The van der Waals surface area contributed by atoms with Gasteiger partial charge in [0.2, 0.25) is 11.8 Å². The number of hydrogen-bond acceptors (Lipinski definition) is 3. The molecule has 5 nitrogen and oxygen atoms in total. The number of hydrogen-bond donors (Lipinski definition) is 0. The van der Waals surface area contributed by atoms with E-state index < -0.39 is 17.0 Å². The summed E-state index contributed by atoms with van der Waals surface area (Å²) in [5.41, 5.74) is 1.39. The van der Waals surface area contributed by atoms with Gasteiger partial charge >= 0.3 is 0 Å². The van der Waals surface area contributed by atoms with Gasteiger partial charge in [0.1, 0.15) is 0 Å². The molecule has 0 spiro atoms. The summed E-state index contributed by atoms with van der Waals surface area (Å²) in [5.74, 6) is -1.92. The van der Waals surface area contributed by atoms with Gasteiger partial charge in [-0.2, -0.15) is 0 Å². The molecule has 0 N–H and O–H groups in total. The second kappa shape index (κ2) is 11.4. The van der Waals surface area contributed by atoms with Gasteiger partial charge in [0.25, 0.3) is 0 Å². The van der Waals surface area contributed by atoms with Gasteiger partial charge in [-0.25, -0.2) is 8.78 Å². The maximum absolute atomic E-state index is 14.5. The minimum absolute atomic E-state index is 0.0277. The molecular formula is C34H39F2N3O2. The fourth-order valence-corrected chi connectivity index (χ4v) is 6.79. The Morgan fingerprint density at radius 1 is 0.902 bits per heavy atom. The fraction of sp³-hybridized carbons (Fsp3) is 0.412. The molecule has 1 aliphatic heterocycles. The summed E-state index contributed by atoms with van der Waals surface area (Å²) in [6, 6.07) is 23.7. The summed E-state index contributed by atoms with van der Waals surface area (Å²) in [4.78, 5) is 32.7. The van der Waals surface area contributed by atoms with Crippen molar-refractivity contribution in [2.45, 2.75) is 50.1 Å². The quantitative estimate of drug-likeness (QED) is 0.345. The summed E-state index contributed by atoms with van der Waals surface area (Å²) in [6.07, 6.45) is 2.13. The third-order valence-corrected chi connectivity index (χ3v) is 9.69. The number of carbonyl (C=O) groups is 2. The van der Waals surface area contributed by atoms with Crippen LogP contribution in [0.3, 0.4) is 0 Å². The first kappa shape index (κ1) is 28.9. The maximum atomic E-state index is 14.5. The van der Waals surface area contributed by atoms with E-state index >= 15 is 0 Å². The highest BCUT2D eigenvalue weighted by molar-refractivity contribution is 5.92. The SMILES string of the molecule is CC(=O)N(C)C1(c2ccccc2)CCN(C[C@@H]2C[C@@]2(C(=O)N(C)[C@@H](C)c2ccccc2)c2ccc(F)c(F)c2)CC1. The van der Waals surface area contributed by atoms with E-state index in [-0.39, 0.29) is 29.3 Å². The molecule has 1 heterocycles. The van der Waals surface area contributed by atoms with Gasteiger partial charge in [-0.05, 0) is 60.9 Å². The molecule has 216 valence electrons. The number of rotatable bonds is 8. The van der Waals surface area contributed by atoms with E-state index in [9.17, 15) is 18.4 Å². The highest BCUT2D eigenvalue weighted by atomic mass is 19.2. The minimum atomic E-state index is -0.933. The van der Waals surface area contributed by atoms with Crippen molar-refractivity contribution in [2.24, 2.45) is 5.92 Å². The third-order valence-electron chi connectivity index (χ3n) is 9.69. The molecule has 1 saturated heterocycles. The number of halogens is 2. The Bertz CT molecular complexity index is 1390. The van der Waals surface area contributed by atoms with Crippen LogP contribution in [0, 0.1) is 17.6 Å². The smallest absolute Gasteiger partial charge is 0.233 e. The largest absolute Gasteiger partial charge is 0.338 e. The summed E-state index contributed by atoms with van der Waals surface area (Å²) >= 11 is 0. The Morgan fingerprint density at radius 2 is 1.51 bits per heavy atom. The molecular weight excluding hydrogens is 520 g/mol. The molecule has 2 aliphatic rings. The number of amides is 2. The lowest BCUT2D eigenvalue weighted by Gasteiger charge is -2.48. The number of piperidine rings is 1. The average molecular weight is 560 g/mol. The molecule has 0 bridgehead atoms. The molecule has 3 aromatic carbocycles. The predicted molar refractivity (Wildman–Crippen MR) is 156 cm³/mol. The van der Waals surface area contributed by atoms with E-state index in [1.807, 2.05) is 67.4 Å². The molecule has 0 radical (unpaired) electrons. The van der Waals surface area contributed by atoms with E-state index in [4.69, 9.17) is 0 Å².